The minimum atomic E-state index is 0.298. The Balaban J connectivity index is 1.82. The Bertz CT molecular complexity index is 453. The van der Waals surface area contributed by atoms with Gasteiger partial charge in [-0.25, -0.2) is 0 Å². The molecule has 1 saturated carbocycles. The lowest BCUT2D eigenvalue weighted by molar-refractivity contribution is 0.500. The number of nitrogens with zero attached hydrogens (tertiary/aromatic N) is 1. The molecule has 0 amide bonds. The molecular formula is C13H19N3OS. The Morgan fingerprint density at radius 1 is 1.56 bits per heavy atom. The average molecular weight is 265 g/mol. The van der Waals surface area contributed by atoms with Gasteiger partial charge >= 0.3 is 0 Å². The molecule has 1 fully saturated rings. The van der Waals surface area contributed by atoms with Gasteiger partial charge in [0.25, 0.3) is 0 Å². The second-order valence-corrected chi connectivity index (χ2v) is 5.47. The van der Waals surface area contributed by atoms with E-state index in [-0.39, 0.29) is 0 Å². The maximum atomic E-state index is 5.69. The quantitative estimate of drug-likeness (QED) is 0.499. The SMILES string of the molecule is CC(C)NC(=S)N/N=C\c1ccc([C@H]2C[C@@H]2C)o1. The summed E-state index contributed by atoms with van der Waals surface area (Å²) in [5, 5.41) is 7.60. The Morgan fingerprint density at radius 3 is 2.89 bits per heavy atom. The van der Waals surface area contributed by atoms with Crippen LogP contribution in [-0.4, -0.2) is 17.4 Å². The van der Waals surface area contributed by atoms with Gasteiger partial charge in [-0.1, -0.05) is 6.92 Å². The third-order valence-corrected chi connectivity index (χ3v) is 3.11. The molecule has 0 bridgehead atoms. The van der Waals surface area contributed by atoms with Crippen LogP contribution in [0, 0.1) is 5.92 Å². The summed E-state index contributed by atoms with van der Waals surface area (Å²) < 4.78 is 5.69. The van der Waals surface area contributed by atoms with Crippen LogP contribution in [0.5, 0.6) is 0 Å². The Hall–Kier alpha value is -1.36. The molecule has 1 heterocycles. The van der Waals surface area contributed by atoms with Gasteiger partial charge in [0.05, 0.1) is 6.21 Å². The number of hydrogen-bond acceptors (Lipinski definition) is 3. The molecule has 2 rings (SSSR count). The van der Waals surface area contributed by atoms with E-state index in [9.17, 15) is 0 Å². The molecule has 2 atom stereocenters. The zero-order chi connectivity index (χ0) is 13.1. The molecule has 1 aromatic rings. The second kappa shape index (κ2) is 5.52. The van der Waals surface area contributed by atoms with Crippen molar-refractivity contribution >= 4 is 23.5 Å². The van der Waals surface area contributed by atoms with Crippen molar-refractivity contribution in [1.82, 2.24) is 10.7 Å². The number of hydrazone groups is 1. The van der Waals surface area contributed by atoms with Crippen LogP contribution >= 0.6 is 12.2 Å². The minimum Gasteiger partial charge on any atom is -0.460 e. The standard InChI is InChI=1S/C13H19N3OS/c1-8(2)15-13(18)16-14-7-10-4-5-12(17-10)11-6-9(11)3/h4-5,7-9,11H,6H2,1-3H3,(H2,15,16,18)/b14-7-/t9-,11-/m0/s1. The molecule has 98 valence electrons. The molecule has 0 saturated heterocycles. The van der Waals surface area contributed by atoms with Gasteiger partial charge in [-0.05, 0) is 50.5 Å². The van der Waals surface area contributed by atoms with Crippen molar-refractivity contribution in [2.24, 2.45) is 11.0 Å². The van der Waals surface area contributed by atoms with Crippen molar-refractivity contribution in [1.29, 1.82) is 0 Å². The summed E-state index contributed by atoms with van der Waals surface area (Å²) in [5.74, 6) is 3.17. The Labute approximate surface area is 113 Å². The van der Waals surface area contributed by atoms with Crippen LogP contribution in [0.1, 0.15) is 44.6 Å². The van der Waals surface area contributed by atoms with Crippen LogP contribution in [0.25, 0.3) is 0 Å². The molecule has 0 aliphatic heterocycles. The minimum absolute atomic E-state index is 0.298. The summed E-state index contributed by atoms with van der Waals surface area (Å²) in [6, 6.07) is 4.26. The molecule has 5 heteroatoms. The van der Waals surface area contributed by atoms with Gasteiger partial charge in [0.15, 0.2) is 5.11 Å². The van der Waals surface area contributed by atoms with Crippen LogP contribution < -0.4 is 10.7 Å². The van der Waals surface area contributed by atoms with Gasteiger partial charge in [0.1, 0.15) is 11.5 Å². The predicted molar refractivity (Wildman–Crippen MR) is 76.8 cm³/mol. The fraction of sp³-hybridized carbons (Fsp3) is 0.538. The number of furan rings is 1. The molecule has 0 spiro atoms. The van der Waals surface area contributed by atoms with Crippen LogP contribution in [-0.2, 0) is 0 Å². The number of rotatable bonds is 4. The molecule has 1 aromatic heterocycles. The lowest BCUT2D eigenvalue weighted by Crippen LogP contribution is -2.36. The van der Waals surface area contributed by atoms with Gasteiger partial charge in [0.2, 0.25) is 0 Å². The monoisotopic (exact) mass is 265 g/mol. The molecule has 4 nitrogen and oxygen atoms in total. The molecule has 18 heavy (non-hydrogen) atoms. The second-order valence-electron chi connectivity index (χ2n) is 5.06. The molecular weight excluding hydrogens is 246 g/mol. The van der Waals surface area contributed by atoms with E-state index in [0.717, 1.165) is 17.4 Å². The van der Waals surface area contributed by atoms with E-state index in [1.54, 1.807) is 6.21 Å². The number of hydrogen-bond donors (Lipinski definition) is 2. The molecule has 0 unspecified atom stereocenters. The van der Waals surface area contributed by atoms with E-state index in [1.165, 1.54) is 6.42 Å². The van der Waals surface area contributed by atoms with Crippen LogP contribution in [0.15, 0.2) is 21.7 Å². The first kappa shape index (κ1) is 13.1. The van der Waals surface area contributed by atoms with Gasteiger partial charge in [-0.15, -0.1) is 0 Å². The molecule has 0 radical (unpaired) electrons. The van der Waals surface area contributed by atoms with Crippen molar-refractivity contribution in [2.75, 3.05) is 0 Å². The summed E-state index contributed by atoms with van der Waals surface area (Å²) >= 11 is 5.05. The molecule has 1 aliphatic carbocycles. The van der Waals surface area contributed by atoms with Crippen LogP contribution in [0.4, 0.5) is 0 Å². The van der Waals surface area contributed by atoms with Gasteiger partial charge in [-0.2, -0.15) is 5.10 Å². The summed E-state index contributed by atoms with van der Waals surface area (Å²) in [5.41, 5.74) is 2.76. The highest BCUT2D eigenvalue weighted by molar-refractivity contribution is 7.80. The van der Waals surface area contributed by atoms with Crippen molar-refractivity contribution in [3.05, 3.63) is 23.7 Å². The summed E-state index contributed by atoms with van der Waals surface area (Å²) in [7, 11) is 0. The number of nitrogens with one attached hydrogen (secondary N) is 2. The normalized spacial score (nSPS) is 22.4. The maximum absolute atomic E-state index is 5.69. The Morgan fingerprint density at radius 2 is 2.28 bits per heavy atom. The van der Waals surface area contributed by atoms with E-state index >= 15 is 0 Å². The van der Waals surface area contributed by atoms with E-state index in [1.807, 2.05) is 26.0 Å². The van der Waals surface area contributed by atoms with E-state index < -0.39 is 0 Å². The maximum Gasteiger partial charge on any atom is 0.187 e. The lowest BCUT2D eigenvalue weighted by Gasteiger charge is -2.08. The molecule has 2 N–H and O–H groups in total. The largest absolute Gasteiger partial charge is 0.460 e. The topological polar surface area (TPSA) is 49.6 Å². The van der Waals surface area contributed by atoms with Crippen LogP contribution in [0.2, 0.25) is 0 Å². The summed E-state index contributed by atoms with van der Waals surface area (Å²) in [6.07, 6.45) is 2.87. The Kier molecular flexibility index (Phi) is 4.01. The smallest absolute Gasteiger partial charge is 0.187 e. The fourth-order valence-electron chi connectivity index (χ4n) is 1.80. The average Bonchev–Trinajstić information content (AvgIpc) is 2.83. The highest BCUT2D eigenvalue weighted by Crippen LogP contribution is 2.47. The van der Waals surface area contributed by atoms with Gasteiger partial charge < -0.3 is 9.73 Å². The molecule has 1 aliphatic rings. The van der Waals surface area contributed by atoms with E-state index in [2.05, 4.69) is 22.8 Å². The number of thiocarbonyl (C=S) groups is 1. The zero-order valence-corrected chi connectivity index (χ0v) is 11.8. The van der Waals surface area contributed by atoms with Crippen molar-refractivity contribution in [3.63, 3.8) is 0 Å². The third kappa shape index (κ3) is 3.57. The van der Waals surface area contributed by atoms with E-state index in [0.29, 0.717) is 17.1 Å². The highest BCUT2D eigenvalue weighted by Gasteiger charge is 2.36. The summed E-state index contributed by atoms with van der Waals surface area (Å²) in [4.78, 5) is 0. The zero-order valence-electron chi connectivity index (χ0n) is 10.9. The van der Waals surface area contributed by atoms with Crippen LogP contribution in [0.3, 0.4) is 0 Å². The van der Waals surface area contributed by atoms with Gasteiger partial charge in [-0.3, -0.25) is 5.43 Å². The third-order valence-electron chi connectivity index (χ3n) is 2.90. The first-order valence-electron chi connectivity index (χ1n) is 6.25. The van der Waals surface area contributed by atoms with Crippen molar-refractivity contribution in [3.8, 4) is 0 Å². The van der Waals surface area contributed by atoms with Crippen molar-refractivity contribution < 1.29 is 4.42 Å². The first-order valence-corrected chi connectivity index (χ1v) is 6.66. The first-order chi connectivity index (χ1) is 8.56. The van der Waals surface area contributed by atoms with Gasteiger partial charge in [0, 0.05) is 12.0 Å². The fourth-order valence-corrected chi connectivity index (χ4v) is 2.09. The predicted octanol–water partition coefficient (Wildman–Crippen LogP) is 2.61. The van der Waals surface area contributed by atoms with E-state index in [4.69, 9.17) is 16.6 Å². The lowest BCUT2D eigenvalue weighted by atomic mass is 10.3. The molecule has 0 aromatic carbocycles. The highest BCUT2D eigenvalue weighted by atomic mass is 32.1. The van der Waals surface area contributed by atoms with Crippen molar-refractivity contribution in [2.45, 2.75) is 39.2 Å². The summed E-state index contributed by atoms with van der Waals surface area (Å²) in [6.45, 7) is 6.28.